The fourth-order valence-corrected chi connectivity index (χ4v) is 4.52. The summed E-state index contributed by atoms with van der Waals surface area (Å²) in [5.74, 6) is -0.126. The van der Waals surface area contributed by atoms with Crippen molar-refractivity contribution in [2.24, 2.45) is 0 Å². The normalized spacial score (nSPS) is 12.3. The van der Waals surface area contributed by atoms with Gasteiger partial charge in [-0.2, -0.15) is 0 Å². The molecule has 0 radical (unpaired) electrons. The average Bonchev–Trinajstić information content (AvgIpc) is 3.04. The molecule has 0 unspecified atom stereocenters. The monoisotopic (exact) mass is 494 g/mol. The molecular weight excluding hydrogens is 476 g/mol. The quantitative estimate of drug-likeness (QED) is 0.416. The van der Waals surface area contributed by atoms with Crippen LogP contribution in [0.4, 0.5) is 0 Å². The summed E-state index contributed by atoms with van der Waals surface area (Å²) in [5.41, 5.74) is 2.96. The summed E-state index contributed by atoms with van der Waals surface area (Å²) in [6, 6.07) is 11.1. The van der Waals surface area contributed by atoms with Crippen molar-refractivity contribution < 1.29 is 14.6 Å². The lowest BCUT2D eigenvalue weighted by atomic mass is 10.0. The van der Waals surface area contributed by atoms with Crippen molar-refractivity contribution in [2.75, 3.05) is 6.61 Å². The zero-order valence-electron chi connectivity index (χ0n) is 14.8. The van der Waals surface area contributed by atoms with Gasteiger partial charge in [0.15, 0.2) is 0 Å². The minimum absolute atomic E-state index is 0.402. The Morgan fingerprint density at radius 3 is 2.63 bits per heavy atom. The van der Waals surface area contributed by atoms with Gasteiger partial charge >= 0.3 is 5.97 Å². The van der Waals surface area contributed by atoms with Gasteiger partial charge in [0.1, 0.15) is 11.8 Å². The van der Waals surface area contributed by atoms with E-state index >= 15 is 0 Å². The van der Waals surface area contributed by atoms with Crippen LogP contribution in [0.3, 0.4) is 0 Å². The maximum atomic E-state index is 11.7. The minimum Gasteiger partial charge on any atom is -0.492 e. The molecule has 0 spiro atoms. The Labute approximate surface area is 174 Å². The van der Waals surface area contributed by atoms with Crippen LogP contribution in [-0.2, 0) is 17.8 Å². The Balaban J connectivity index is 1.73. The van der Waals surface area contributed by atoms with Crippen LogP contribution in [0.2, 0.25) is 0 Å². The fraction of sp³-hybridized carbons (Fsp3) is 0.250. The maximum absolute atomic E-state index is 11.7. The van der Waals surface area contributed by atoms with E-state index in [-0.39, 0.29) is 0 Å². The van der Waals surface area contributed by atoms with Crippen molar-refractivity contribution in [1.82, 2.24) is 10.3 Å². The predicted octanol–water partition coefficient (Wildman–Crippen LogP) is 4.88. The SMILES string of the molecule is CCOc1c(Br)cc(CN[C@H](Cc2c[nH]c3ccccc23)C(=O)O)cc1Br. The molecular formula is C20H20Br2N2O3. The molecule has 1 heterocycles. The molecule has 0 bridgehead atoms. The van der Waals surface area contributed by atoms with E-state index in [4.69, 9.17) is 4.74 Å². The summed E-state index contributed by atoms with van der Waals surface area (Å²) >= 11 is 7.01. The molecule has 3 rings (SSSR count). The van der Waals surface area contributed by atoms with Gasteiger partial charge in [-0.15, -0.1) is 0 Å². The molecule has 0 fully saturated rings. The standard InChI is InChI=1S/C20H20Br2N2O3/c1-2-27-19-15(21)7-12(8-16(19)22)10-23-18(20(25)26)9-13-11-24-17-6-4-3-5-14(13)17/h3-8,11,18,23-24H,2,9-10H2,1H3,(H,25,26)/t18-/m1/s1. The first-order valence-corrected chi connectivity index (χ1v) is 10.2. The van der Waals surface area contributed by atoms with Gasteiger partial charge in [-0.05, 0) is 68.1 Å². The van der Waals surface area contributed by atoms with Crippen molar-refractivity contribution in [3.05, 3.63) is 62.7 Å². The molecule has 142 valence electrons. The largest absolute Gasteiger partial charge is 0.492 e. The second kappa shape index (κ2) is 8.91. The average molecular weight is 496 g/mol. The summed E-state index contributed by atoms with van der Waals surface area (Å²) < 4.78 is 7.25. The van der Waals surface area contributed by atoms with Crippen LogP contribution in [0.25, 0.3) is 10.9 Å². The number of rotatable bonds is 8. The van der Waals surface area contributed by atoms with E-state index in [0.717, 1.165) is 36.7 Å². The van der Waals surface area contributed by atoms with Gasteiger partial charge in [0, 0.05) is 30.1 Å². The van der Waals surface area contributed by atoms with E-state index in [1.54, 1.807) is 0 Å². The van der Waals surface area contributed by atoms with Crippen molar-refractivity contribution in [3.63, 3.8) is 0 Å². The zero-order valence-corrected chi connectivity index (χ0v) is 17.9. The van der Waals surface area contributed by atoms with Gasteiger partial charge in [-0.25, -0.2) is 0 Å². The molecule has 2 aromatic carbocycles. The van der Waals surface area contributed by atoms with Gasteiger partial charge in [0.25, 0.3) is 0 Å². The molecule has 5 nitrogen and oxygen atoms in total. The number of halogens is 2. The number of aliphatic carboxylic acids is 1. The second-order valence-electron chi connectivity index (χ2n) is 6.16. The summed E-state index contributed by atoms with van der Waals surface area (Å²) in [5, 5.41) is 13.8. The Kier molecular flexibility index (Phi) is 6.57. The van der Waals surface area contributed by atoms with Gasteiger partial charge in [0.05, 0.1) is 15.6 Å². The highest BCUT2D eigenvalue weighted by Gasteiger charge is 2.19. The molecule has 0 aliphatic carbocycles. The number of ether oxygens (including phenoxy) is 1. The number of carboxylic acid groups (broad SMARTS) is 1. The highest BCUT2D eigenvalue weighted by molar-refractivity contribution is 9.11. The fourth-order valence-electron chi connectivity index (χ4n) is 3.00. The molecule has 1 aromatic heterocycles. The first kappa shape index (κ1) is 19.9. The third-order valence-corrected chi connectivity index (χ3v) is 5.47. The number of aromatic nitrogens is 1. The van der Waals surface area contributed by atoms with Crippen LogP contribution in [-0.4, -0.2) is 28.7 Å². The van der Waals surface area contributed by atoms with Gasteiger partial charge in [-0.1, -0.05) is 18.2 Å². The predicted molar refractivity (Wildman–Crippen MR) is 113 cm³/mol. The number of carbonyl (C=O) groups is 1. The van der Waals surface area contributed by atoms with Crippen LogP contribution in [0, 0.1) is 0 Å². The van der Waals surface area contributed by atoms with E-state index in [1.807, 2.05) is 49.5 Å². The number of benzene rings is 2. The van der Waals surface area contributed by atoms with Gasteiger partial charge in [0.2, 0.25) is 0 Å². The number of nitrogens with one attached hydrogen (secondary N) is 2. The summed E-state index contributed by atoms with van der Waals surface area (Å²) in [4.78, 5) is 14.9. The number of para-hydroxylation sites is 1. The highest BCUT2D eigenvalue weighted by Crippen LogP contribution is 2.34. The number of fused-ring (bicyclic) bond motifs is 1. The number of carboxylic acids is 1. The lowest BCUT2D eigenvalue weighted by Crippen LogP contribution is -2.38. The summed E-state index contributed by atoms with van der Waals surface area (Å²) in [6.45, 7) is 2.93. The molecule has 7 heteroatoms. The van der Waals surface area contributed by atoms with E-state index in [2.05, 4.69) is 42.2 Å². The minimum atomic E-state index is -0.871. The van der Waals surface area contributed by atoms with Gasteiger partial charge in [-0.3, -0.25) is 4.79 Å². The number of hydrogen-bond acceptors (Lipinski definition) is 3. The smallest absolute Gasteiger partial charge is 0.321 e. The lowest BCUT2D eigenvalue weighted by molar-refractivity contribution is -0.139. The molecule has 3 N–H and O–H groups in total. The molecule has 0 saturated carbocycles. The van der Waals surface area contributed by atoms with Crippen LogP contribution in [0.1, 0.15) is 18.1 Å². The van der Waals surface area contributed by atoms with E-state index in [1.165, 1.54) is 0 Å². The third-order valence-electron chi connectivity index (χ3n) is 4.30. The molecule has 3 aromatic rings. The second-order valence-corrected chi connectivity index (χ2v) is 7.87. The first-order valence-electron chi connectivity index (χ1n) is 8.61. The van der Waals surface area contributed by atoms with E-state index in [9.17, 15) is 9.90 Å². The van der Waals surface area contributed by atoms with Crippen LogP contribution in [0.5, 0.6) is 5.75 Å². The number of aromatic amines is 1. The Hall–Kier alpha value is -1.83. The molecule has 0 aliphatic rings. The molecule has 0 amide bonds. The molecule has 1 atom stereocenters. The highest BCUT2D eigenvalue weighted by atomic mass is 79.9. The van der Waals surface area contributed by atoms with Gasteiger partial charge < -0.3 is 20.1 Å². The number of H-pyrrole nitrogens is 1. The molecule has 0 aliphatic heterocycles. The van der Waals surface area contributed by atoms with E-state index in [0.29, 0.717) is 19.6 Å². The molecule has 0 saturated heterocycles. The summed E-state index contributed by atoms with van der Waals surface area (Å²) in [7, 11) is 0. The number of hydrogen-bond donors (Lipinski definition) is 3. The Bertz CT molecular complexity index is 932. The van der Waals surface area contributed by atoms with Crippen molar-refractivity contribution in [2.45, 2.75) is 25.9 Å². The molecule has 27 heavy (non-hydrogen) atoms. The van der Waals surface area contributed by atoms with Crippen molar-refractivity contribution in [1.29, 1.82) is 0 Å². The third kappa shape index (κ3) is 4.72. The maximum Gasteiger partial charge on any atom is 0.321 e. The zero-order chi connectivity index (χ0) is 19.4. The Morgan fingerprint density at radius 2 is 1.96 bits per heavy atom. The Morgan fingerprint density at radius 1 is 1.26 bits per heavy atom. The topological polar surface area (TPSA) is 74.3 Å². The lowest BCUT2D eigenvalue weighted by Gasteiger charge is -2.16. The van der Waals surface area contributed by atoms with Crippen molar-refractivity contribution >= 4 is 48.7 Å². The van der Waals surface area contributed by atoms with Crippen LogP contribution in [0.15, 0.2) is 51.5 Å². The van der Waals surface area contributed by atoms with Crippen LogP contribution >= 0.6 is 31.9 Å². The first-order chi connectivity index (χ1) is 13.0. The van der Waals surface area contributed by atoms with E-state index < -0.39 is 12.0 Å². The van der Waals surface area contributed by atoms with Crippen LogP contribution < -0.4 is 10.1 Å². The summed E-state index contributed by atoms with van der Waals surface area (Å²) in [6.07, 6.45) is 2.28. The van der Waals surface area contributed by atoms with Crippen molar-refractivity contribution in [3.8, 4) is 5.75 Å².